The number of amides is 2. The van der Waals surface area contributed by atoms with E-state index < -0.39 is 24.0 Å². The third-order valence-corrected chi connectivity index (χ3v) is 6.69. The predicted molar refractivity (Wildman–Crippen MR) is 137 cm³/mol. The number of hydrogen-bond acceptors (Lipinski definition) is 4. The molecule has 0 bridgehead atoms. The Morgan fingerprint density at radius 1 is 0.971 bits per heavy atom. The van der Waals surface area contributed by atoms with Gasteiger partial charge in [0, 0.05) is 16.0 Å². The summed E-state index contributed by atoms with van der Waals surface area (Å²) >= 11 is 3.36. The van der Waals surface area contributed by atoms with Crippen molar-refractivity contribution >= 4 is 39.6 Å². The number of fused-ring (bicyclic) bond motifs is 3. The van der Waals surface area contributed by atoms with E-state index >= 15 is 0 Å². The molecule has 0 heterocycles. The van der Waals surface area contributed by atoms with E-state index in [4.69, 9.17) is 4.74 Å². The normalized spacial score (nSPS) is 13.0. The third-order valence-electron chi connectivity index (χ3n) is 6.03. The number of nitrogens with one attached hydrogen (secondary N) is 2. The van der Waals surface area contributed by atoms with Gasteiger partial charge in [0.15, 0.2) is 0 Å². The first-order valence-corrected chi connectivity index (χ1v) is 12.0. The van der Waals surface area contributed by atoms with E-state index in [1.54, 1.807) is 19.9 Å². The molecular formula is C27H25BrN2O5. The second kappa shape index (κ2) is 10.3. The number of rotatable bonds is 7. The maximum atomic E-state index is 12.6. The zero-order valence-corrected chi connectivity index (χ0v) is 20.8. The van der Waals surface area contributed by atoms with E-state index in [0.29, 0.717) is 10.2 Å². The van der Waals surface area contributed by atoms with E-state index in [2.05, 4.69) is 50.8 Å². The van der Waals surface area contributed by atoms with Gasteiger partial charge in [0.05, 0.1) is 5.69 Å². The number of halogens is 1. The van der Waals surface area contributed by atoms with Crippen LogP contribution in [-0.2, 0) is 9.53 Å². The van der Waals surface area contributed by atoms with Crippen LogP contribution in [0.3, 0.4) is 0 Å². The Kier molecular flexibility index (Phi) is 7.21. The van der Waals surface area contributed by atoms with Crippen LogP contribution in [0.25, 0.3) is 11.1 Å². The predicted octanol–water partition coefficient (Wildman–Crippen LogP) is 5.65. The summed E-state index contributed by atoms with van der Waals surface area (Å²) in [5, 5.41) is 14.5. The largest absolute Gasteiger partial charge is 0.480 e. The van der Waals surface area contributed by atoms with Gasteiger partial charge in [-0.1, -0.05) is 62.4 Å². The van der Waals surface area contributed by atoms with Gasteiger partial charge in [-0.15, -0.1) is 0 Å². The van der Waals surface area contributed by atoms with Crippen LogP contribution < -0.4 is 10.6 Å². The van der Waals surface area contributed by atoms with Crippen molar-refractivity contribution in [2.45, 2.75) is 25.8 Å². The first-order chi connectivity index (χ1) is 16.8. The first kappa shape index (κ1) is 24.5. The summed E-state index contributed by atoms with van der Waals surface area (Å²) in [6.07, 6.45) is -0.615. The topological polar surface area (TPSA) is 105 Å². The van der Waals surface area contributed by atoms with Gasteiger partial charge >= 0.3 is 12.1 Å². The van der Waals surface area contributed by atoms with Gasteiger partial charge in [-0.2, -0.15) is 0 Å². The van der Waals surface area contributed by atoms with Crippen molar-refractivity contribution in [3.8, 4) is 11.1 Å². The molecule has 1 aliphatic rings. The highest BCUT2D eigenvalue weighted by molar-refractivity contribution is 9.10. The lowest BCUT2D eigenvalue weighted by molar-refractivity contribution is -0.140. The minimum atomic E-state index is -1.10. The molecule has 0 saturated carbocycles. The lowest BCUT2D eigenvalue weighted by Gasteiger charge is -2.18. The van der Waals surface area contributed by atoms with Crippen LogP contribution >= 0.6 is 15.9 Å². The SMILES string of the molecule is CC(C)[C@@H](NC(=O)c1ccc(NC(=O)OCC2c3ccccc3-c3ccccc32)c(Br)c1)C(=O)O. The van der Waals surface area contributed by atoms with E-state index in [9.17, 15) is 19.5 Å². The molecule has 3 N–H and O–H groups in total. The summed E-state index contributed by atoms with van der Waals surface area (Å²) in [6, 6.07) is 19.8. The van der Waals surface area contributed by atoms with Gasteiger partial charge in [0.2, 0.25) is 0 Å². The smallest absolute Gasteiger partial charge is 0.411 e. The monoisotopic (exact) mass is 536 g/mol. The Hall–Kier alpha value is -3.65. The third kappa shape index (κ3) is 5.22. The zero-order valence-electron chi connectivity index (χ0n) is 19.2. The number of benzene rings is 3. The maximum absolute atomic E-state index is 12.6. The molecule has 180 valence electrons. The van der Waals surface area contributed by atoms with Crippen LogP contribution in [0.4, 0.5) is 10.5 Å². The number of carboxylic acids is 1. The van der Waals surface area contributed by atoms with Crippen LogP contribution in [0, 0.1) is 5.92 Å². The number of hydrogen-bond donors (Lipinski definition) is 3. The quantitative estimate of drug-likeness (QED) is 0.362. The number of aliphatic carboxylic acids is 1. The van der Waals surface area contributed by atoms with Gasteiger partial charge in [-0.3, -0.25) is 10.1 Å². The van der Waals surface area contributed by atoms with Crippen molar-refractivity contribution in [2.24, 2.45) is 5.92 Å². The van der Waals surface area contributed by atoms with Crippen LogP contribution in [0.2, 0.25) is 0 Å². The number of carboxylic acid groups (broad SMARTS) is 1. The summed E-state index contributed by atoms with van der Waals surface area (Å²) in [5.41, 5.74) is 5.24. The van der Waals surface area contributed by atoms with Crippen LogP contribution in [0.1, 0.15) is 41.3 Å². The standard InChI is InChI=1S/C27H25BrN2O5/c1-15(2)24(26(32)33)30-25(31)16-11-12-23(22(28)13-16)29-27(34)35-14-21-19-9-5-3-7-17(19)18-8-4-6-10-20(18)21/h3-13,15,21,24H,14H2,1-2H3,(H,29,34)(H,30,31)(H,32,33)/t24-/m1/s1. The van der Waals surface area contributed by atoms with E-state index in [1.165, 1.54) is 12.1 Å². The Morgan fingerprint density at radius 3 is 2.11 bits per heavy atom. The molecule has 35 heavy (non-hydrogen) atoms. The minimum Gasteiger partial charge on any atom is -0.480 e. The maximum Gasteiger partial charge on any atom is 0.411 e. The second-order valence-electron chi connectivity index (χ2n) is 8.68. The molecule has 0 unspecified atom stereocenters. The average molecular weight is 537 g/mol. The average Bonchev–Trinajstić information content (AvgIpc) is 3.15. The van der Waals surface area contributed by atoms with Crippen molar-refractivity contribution in [3.05, 3.63) is 87.9 Å². The van der Waals surface area contributed by atoms with Gasteiger partial charge in [-0.25, -0.2) is 9.59 Å². The van der Waals surface area contributed by atoms with Crippen LogP contribution in [0.15, 0.2) is 71.2 Å². The van der Waals surface area contributed by atoms with E-state index in [1.807, 2.05) is 24.3 Å². The molecule has 3 aromatic carbocycles. The first-order valence-electron chi connectivity index (χ1n) is 11.2. The molecule has 8 heteroatoms. The highest BCUT2D eigenvalue weighted by Gasteiger charge is 2.29. The highest BCUT2D eigenvalue weighted by Crippen LogP contribution is 2.44. The molecule has 0 saturated heterocycles. The Balaban J connectivity index is 1.40. The molecule has 4 rings (SSSR count). The molecule has 3 aromatic rings. The van der Waals surface area contributed by atoms with Gasteiger partial charge in [0.25, 0.3) is 5.91 Å². The molecule has 2 amide bonds. The number of ether oxygens (including phenoxy) is 1. The van der Waals surface area contributed by atoms with Crippen molar-refractivity contribution in [2.75, 3.05) is 11.9 Å². The van der Waals surface area contributed by atoms with Crippen molar-refractivity contribution < 1.29 is 24.2 Å². The molecule has 0 aliphatic heterocycles. The molecule has 0 aromatic heterocycles. The van der Waals surface area contributed by atoms with Crippen molar-refractivity contribution in [1.29, 1.82) is 0 Å². The summed E-state index contributed by atoms with van der Waals surface area (Å²) in [5.74, 6) is -1.93. The number of carbonyl (C=O) groups excluding carboxylic acids is 2. The second-order valence-corrected chi connectivity index (χ2v) is 9.53. The molecule has 7 nitrogen and oxygen atoms in total. The van der Waals surface area contributed by atoms with Crippen LogP contribution in [-0.4, -0.2) is 35.7 Å². The highest BCUT2D eigenvalue weighted by atomic mass is 79.9. The summed E-state index contributed by atoms with van der Waals surface area (Å²) < 4.78 is 6.03. The van der Waals surface area contributed by atoms with Crippen LogP contribution in [0.5, 0.6) is 0 Å². The van der Waals surface area contributed by atoms with E-state index in [0.717, 1.165) is 22.3 Å². The van der Waals surface area contributed by atoms with Gasteiger partial charge < -0.3 is 15.2 Å². The summed E-state index contributed by atoms with van der Waals surface area (Å²) in [4.78, 5) is 36.4. The lowest BCUT2D eigenvalue weighted by Crippen LogP contribution is -2.44. The van der Waals surface area contributed by atoms with Crippen molar-refractivity contribution in [1.82, 2.24) is 5.32 Å². The summed E-state index contributed by atoms with van der Waals surface area (Å²) in [6.45, 7) is 3.62. The molecule has 0 radical (unpaired) electrons. The molecule has 0 fully saturated rings. The van der Waals surface area contributed by atoms with Crippen molar-refractivity contribution in [3.63, 3.8) is 0 Å². The Bertz CT molecular complexity index is 1240. The molecule has 1 aliphatic carbocycles. The Morgan fingerprint density at radius 2 is 1.57 bits per heavy atom. The molecule has 1 atom stereocenters. The fraction of sp³-hybridized carbons (Fsp3) is 0.222. The summed E-state index contributed by atoms with van der Waals surface area (Å²) in [7, 11) is 0. The fourth-order valence-electron chi connectivity index (χ4n) is 4.24. The van der Waals surface area contributed by atoms with E-state index in [-0.39, 0.29) is 24.0 Å². The number of carbonyl (C=O) groups is 3. The fourth-order valence-corrected chi connectivity index (χ4v) is 4.72. The number of anilines is 1. The zero-order chi connectivity index (χ0) is 25.1. The lowest BCUT2D eigenvalue weighted by atomic mass is 9.98. The Labute approximate surface area is 211 Å². The molecular weight excluding hydrogens is 512 g/mol. The minimum absolute atomic E-state index is 0.0502. The van der Waals surface area contributed by atoms with Gasteiger partial charge in [-0.05, 0) is 62.3 Å². The molecule has 0 spiro atoms. The van der Waals surface area contributed by atoms with Gasteiger partial charge in [0.1, 0.15) is 12.6 Å².